The molecule has 4 N–H and O–H groups in total. The van der Waals surface area contributed by atoms with Gasteiger partial charge in [-0.3, -0.25) is 0 Å². The number of hydrogen-bond donors (Lipinski definition) is 3. The molecule has 0 aliphatic rings. The number of hydrogen-bond acceptors (Lipinski definition) is 6. The van der Waals surface area contributed by atoms with E-state index in [0.717, 1.165) is 0 Å². The molecule has 6 nitrogen and oxygen atoms in total. The van der Waals surface area contributed by atoms with Gasteiger partial charge in [-0.15, -0.1) is 0 Å². The molecule has 0 saturated carbocycles. The molecule has 1 aromatic carbocycles. The number of anilines is 1. The largest absolute Gasteiger partial charge is 0.493 e. The third kappa shape index (κ3) is 3.97. The maximum Gasteiger partial charge on any atom is 0.203 e. The van der Waals surface area contributed by atoms with Gasteiger partial charge in [-0.05, 0) is 0 Å². The van der Waals surface area contributed by atoms with Gasteiger partial charge in [0.1, 0.15) is 6.61 Å². The standard InChI is InChI=1S/C12H20N2O4/c1-16-10-7-9(13)8-11(17-2)12(10)18-6-4-14-3-5-15/h7-8,14-15H,3-6,13H2,1-2H3. The molecule has 0 atom stereocenters. The molecule has 18 heavy (non-hydrogen) atoms. The van der Waals surface area contributed by atoms with E-state index in [1.165, 1.54) is 0 Å². The van der Waals surface area contributed by atoms with Gasteiger partial charge in [-0.1, -0.05) is 0 Å². The van der Waals surface area contributed by atoms with E-state index in [1.54, 1.807) is 26.4 Å². The van der Waals surface area contributed by atoms with E-state index >= 15 is 0 Å². The molecule has 0 fully saturated rings. The fraction of sp³-hybridized carbons (Fsp3) is 0.500. The summed E-state index contributed by atoms with van der Waals surface area (Å²) >= 11 is 0. The van der Waals surface area contributed by atoms with E-state index in [9.17, 15) is 0 Å². The Morgan fingerprint density at radius 3 is 2.28 bits per heavy atom. The second-order valence-electron chi connectivity index (χ2n) is 3.58. The van der Waals surface area contributed by atoms with Crippen molar-refractivity contribution in [2.75, 3.05) is 46.3 Å². The zero-order valence-electron chi connectivity index (χ0n) is 10.7. The molecule has 0 saturated heterocycles. The minimum Gasteiger partial charge on any atom is -0.493 e. The first-order valence-corrected chi connectivity index (χ1v) is 5.68. The summed E-state index contributed by atoms with van der Waals surface area (Å²) < 4.78 is 16.0. The number of methoxy groups -OCH3 is 2. The van der Waals surface area contributed by atoms with Crippen molar-refractivity contribution in [3.63, 3.8) is 0 Å². The molecule has 0 radical (unpaired) electrons. The normalized spacial score (nSPS) is 10.2. The molecular formula is C12H20N2O4. The van der Waals surface area contributed by atoms with Crippen LogP contribution < -0.4 is 25.3 Å². The Kier molecular flexibility index (Phi) is 6.10. The van der Waals surface area contributed by atoms with Gasteiger partial charge >= 0.3 is 0 Å². The lowest BCUT2D eigenvalue weighted by Gasteiger charge is -2.15. The smallest absolute Gasteiger partial charge is 0.203 e. The molecule has 102 valence electrons. The summed E-state index contributed by atoms with van der Waals surface area (Å²) in [5.41, 5.74) is 6.27. The maximum atomic E-state index is 8.62. The second kappa shape index (κ2) is 7.62. The Balaban J connectivity index is 2.67. The lowest BCUT2D eigenvalue weighted by atomic mass is 10.2. The minimum atomic E-state index is 0.106. The Hall–Kier alpha value is -1.66. The quantitative estimate of drug-likeness (QED) is 0.456. The van der Waals surface area contributed by atoms with Crippen LogP contribution in [-0.4, -0.2) is 45.6 Å². The first-order valence-electron chi connectivity index (χ1n) is 5.68. The lowest BCUT2D eigenvalue weighted by Crippen LogP contribution is -2.24. The predicted molar refractivity (Wildman–Crippen MR) is 69.4 cm³/mol. The van der Waals surface area contributed by atoms with Crippen molar-refractivity contribution in [3.8, 4) is 17.2 Å². The highest BCUT2D eigenvalue weighted by Crippen LogP contribution is 2.39. The van der Waals surface area contributed by atoms with E-state index < -0.39 is 0 Å². The highest BCUT2D eigenvalue weighted by molar-refractivity contribution is 5.60. The van der Waals surface area contributed by atoms with Gasteiger partial charge in [-0.25, -0.2) is 0 Å². The Morgan fingerprint density at radius 2 is 1.78 bits per heavy atom. The molecule has 0 bridgehead atoms. The molecule has 0 spiro atoms. The third-order valence-electron chi connectivity index (χ3n) is 2.30. The van der Waals surface area contributed by atoms with Crippen molar-refractivity contribution in [3.05, 3.63) is 12.1 Å². The number of aliphatic hydroxyl groups excluding tert-OH is 1. The lowest BCUT2D eigenvalue weighted by molar-refractivity contribution is 0.260. The van der Waals surface area contributed by atoms with Gasteiger partial charge < -0.3 is 30.4 Å². The Labute approximate surface area is 107 Å². The average molecular weight is 256 g/mol. The van der Waals surface area contributed by atoms with Crippen LogP contribution in [0.15, 0.2) is 12.1 Å². The highest BCUT2D eigenvalue weighted by Gasteiger charge is 2.12. The zero-order chi connectivity index (χ0) is 13.4. The number of nitrogen functional groups attached to an aromatic ring is 1. The first-order chi connectivity index (χ1) is 8.72. The molecule has 6 heteroatoms. The van der Waals surface area contributed by atoms with Crippen LogP contribution in [0, 0.1) is 0 Å². The number of nitrogens with two attached hydrogens (primary N) is 1. The van der Waals surface area contributed by atoms with E-state index in [1.807, 2.05) is 0 Å². The van der Waals surface area contributed by atoms with Crippen LogP contribution in [-0.2, 0) is 0 Å². The number of benzene rings is 1. The minimum absolute atomic E-state index is 0.106. The van der Waals surface area contributed by atoms with Crippen molar-refractivity contribution in [1.82, 2.24) is 5.32 Å². The van der Waals surface area contributed by atoms with Crippen molar-refractivity contribution in [2.45, 2.75) is 0 Å². The molecular weight excluding hydrogens is 236 g/mol. The Morgan fingerprint density at radius 1 is 1.17 bits per heavy atom. The van der Waals surface area contributed by atoms with E-state index in [0.29, 0.717) is 42.6 Å². The van der Waals surface area contributed by atoms with Crippen LogP contribution in [0.4, 0.5) is 5.69 Å². The summed E-state index contributed by atoms with van der Waals surface area (Å²) in [4.78, 5) is 0. The summed E-state index contributed by atoms with van der Waals surface area (Å²) in [6.45, 7) is 1.71. The Bertz CT molecular complexity index is 346. The molecule has 1 rings (SSSR count). The van der Waals surface area contributed by atoms with E-state index in [4.69, 9.17) is 25.1 Å². The first kappa shape index (κ1) is 14.4. The summed E-state index contributed by atoms with van der Waals surface area (Å²) in [6.07, 6.45) is 0. The van der Waals surface area contributed by atoms with Crippen LogP contribution in [0.25, 0.3) is 0 Å². The van der Waals surface area contributed by atoms with E-state index in [2.05, 4.69) is 5.32 Å². The van der Waals surface area contributed by atoms with Crippen LogP contribution in [0.3, 0.4) is 0 Å². The maximum absolute atomic E-state index is 8.62. The van der Waals surface area contributed by atoms with Crippen molar-refractivity contribution in [1.29, 1.82) is 0 Å². The third-order valence-corrected chi connectivity index (χ3v) is 2.30. The summed E-state index contributed by atoms with van der Waals surface area (Å²) in [6, 6.07) is 3.36. The molecule has 0 heterocycles. The number of aliphatic hydroxyl groups is 1. The fourth-order valence-electron chi connectivity index (χ4n) is 1.47. The van der Waals surface area contributed by atoms with Crippen molar-refractivity contribution < 1.29 is 19.3 Å². The monoisotopic (exact) mass is 256 g/mol. The number of ether oxygens (including phenoxy) is 3. The average Bonchev–Trinajstić information content (AvgIpc) is 2.39. The van der Waals surface area contributed by atoms with E-state index in [-0.39, 0.29) is 6.61 Å². The second-order valence-corrected chi connectivity index (χ2v) is 3.58. The van der Waals surface area contributed by atoms with Gasteiger partial charge in [0, 0.05) is 30.9 Å². The molecule has 0 amide bonds. The number of nitrogens with one attached hydrogen (secondary N) is 1. The van der Waals surface area contributed by atoms with Gasteiger partial charge in [0.25, 0.3) is 0 Å². The number of rotatable bonds is 8. The van der Waals surface area contributed by atoms with Gasteiger partial charge in [0.2, 0.25) is 5.75 Å². The van der Waals surface area contributed by atoms with Gasteiger partial charge in [0.15, 0.2) is 11.5 Å². The molecule has 0 aromatic heterocycles. The molecule has 0 aliphatic carbocycles. The summed E-state index contributed by atoms with van der Waals surface area (Å²) in [5.74, 6) is 1.60. The highest BCUT2D eigenvalue weighted by atomic mass is 16.5. The topological polar surface area (TPSA) is 86.0 Å². The molecule has 1 aromatic rings. The summed E-state index contributed by atoms with van der Waals surface area (Å²) in [7, 11) is 3.09. The zero-order valence-corrected chi connectivity index (χ0v) is 10.7. The SMILES string of the molecule is COc1cc(N)cc(OC)c1OCCNCCO. The van der Waals surface area contributed by atoms with Gasteiger partial charge in [0.05, 0.1) is 20.8 Å². The summed E-state index contributed by atoms with van der Waals surface area (Å²) in [5, 5.41) is 11.6. The predicted octanol–water partition coefficient (Wildman–Crippen LogP) is 0.247. The fourth-order valence-corrected chi connectivity index (χ4v) is 1.47. The van der Waals surface area contributed by atoms with Crippen LogP contribution >= 0.6 is 0 Å². The van der Waals surface area contributed by atoms with Crippen molar-refractivity contribution in [2.24, 2.45) is 0 Å². The van der Waals surface area contributed by atoms with Gasteiger partial charge in [-0.2, -0.15) is 0 Å². The molecule has 0 aliphatic heterocycles. The van der Waals surface area contributed by atoms with Crippen LogP contribution in [0.5, 0.6) is 17.2 Å². The van der Waals surface area contributed by atoms with Crippen LogP contribution in [0.2, 0.25) is 0 Å². The van der Waals surface area contributed by atoms with Crippen molar-refractivity contribution >= 4 is 5.69 Å². The molecule has 0 unspecified atom stereocenters. The van der Waals surface area contributed by atoms with Crippen LogP contribution in [0.1, 0.15) is 0 Å².